The molecule has 0 fully saturated rings. The molecule has 0 saturated heterocycles. The number of hydrogen-bond donors (Lipinski definition) is 2. The Kier molecular flexibility index (Phi) is 15.9. The van der Waals surface area contributed by atoms with Crippen molar-refractivity contribution >= 4 is 12.4 Å². The summed E-state index contributed by atoms with van der Waals surface area (Å²) in [6, 6.07) is 0. The molecule has 0 aliphatic rings. The van der Waals surface area contributed by atoms with E-state index in [2.05, 4.69) is 12.3 Å². The fraction of sp³-hybridized carbons (Fsp3) is 0.500. The zero-order valence-electron chi connectivity index (χ0n) is 2.90. The summed E-state index contributed by atoms with van der Waals surface area (Å²) in [7, 11) is 0. The smallest absolute Gasteiger partial charge is 0.00978 e. The van der Waals surface area contributed by atoms with E-state index in [4.69, 9.17) is 5.84 Å². The maximum absolute atomic E-state index is 4.72. The molecule has 0 aliphatic carbocycles. The van der Waals surface area contributed by atoms with Crippen LogP contribution in [0, 0.1) is 6.92 Å². The Hall–Kier alpha value is 0.210. The van der Waals surface area contributed by atoms with Crippen molar-refractivity contribution in [2.75, 3.05) is 6.54 Å². The second-order valence-corrected chi connectivity index (χ2v) is 0.454. The van der Waals surface area contributed by atoms with E-state index in [0.29, 0.717) is 6.54 Å². The van der Waals surface area contributed by atoms with E-state index in [-0.39, 0.29) is 12.4 Å². The summed E-state index contributed by atoms with van der Waals surface area (Å²) in [6.07, 6.45) is 0. The van der Waals surface area contributed by atoms with E-state index < -0.39 is 0 Å². The molecule has 0 aliphatic heterocycles. The molecule has 0 saturated carbocycles. The number of hydrogen-bond acceptors (Lipinski definition) is 2. The van der Waals surface area contributed by atoms with Gasteiger partial charge in [0.2, 0.25) is 0 Å². The molecule has 3 heteroatoms. The Morgan fingerprint density at radius 2 is 2.00 bits per heavy atom. The first-order chi connectivity index (χ1) is 1.91. The van der Waals surface area contributed by atoms with E-state index in [1.165, 1.54) is 0 Å². The maximum Gasteiger partial charge on any atom is 0.00978 e. The van der Waals surface area contributed by atoms with Crippen molar-refractivity contribution in [3.05, 3.63) is 6.92 Å². The molecule has 0 atom stereocenters. The van der Waals surface area contributed by atoms with Crippen LogP contribution in [0.5, 0.6) is 0 Å². The van der Waals surface area contributed by atoms with E-state index in [1.807, 2.05) is 0 Å². The van der Waals surface area contributed by atoms with Gasteiger partial charge in [0.1, 0.15) is 0 Å². The van der Waals surface area contributed by atoms with Gasteiger partial charge in [-0.25, -0.2) is 0 Å². The molecular formula is C2H8ClN2. The minimum Gasteiger partial charge on any atom is -0.271 e. The van der Waals surface area contributed by atoms with E-state index in [0.717, 1.165) is 0 Å². The lowest BCUT2D eigenvalue weighted by Gasteiger charge is -1.76. The van der Waals surface area contributed by atoms with Crippen molar-refractivity contribution in [3.63, 3.8) is 0 Å². The first kappa shape index (κ1) is 8.96. The van der Waals surface area contributed by atoms with Crippen molar-refractivity contribution in [2.24, 2.45) is 5.84 Å². The zero-order valence-corrected chi connectivity index (χ0v) is 3.72. The van der Waals surface area contributed by atoms with Crippen molar-refractivity contribution in [2.45, 2.75) is 0 Å². The van der Waals surface area contributed by atoms with Gasteiger partial charge in [0, 0.05) is 6.54 Å². The Balaban J connectivity index is 0. The highest BCUT2D eigenvalue weighted by Gasteiger charge is 1.50. The molecule has 33 valence electrons. The Morgan fingerprint density at radius 1 is 1.80 bits per heavy atom. The Labute approximate surface area is 38.1 Å². The second kappa shape index (κ2) is 8.88. The van der Waals surface area contributed by atoms with Crippen LogP contribution in [0.15, 0.2) is 0 Å². The number of hydrazine groups is 1. The lowest BCUT2D eigenvalue weighted by atomic mass is 10.8. The molecule has 5 heavy (non-hydrogen) atoms. The molecule has 0 aromatic heterocycles. The summed E-state index contributed by atoms with van der Waals surface area (Å²) in [4.78, 5) is 0. The summed E-state index contributed by atoms with van der Waals surface area (Å²) in [5.41, 5.74) is 2.32. The van der Waals surface area contributed by atoms with Gasteiger partial charge in [-0.05, 0) is 6.92 Å². The van der Waals surface area contributed by atoms with Crippen LogP contribution in [-0.4, -0.2) is 6.54 Å². The van der Waals surface area contributed by atoms with Crippen LogP contribution in [0.3, 0.4) is 0 Å². The molecule has 0 aromatic carbocycles. The molecule has 0 aromatic rings. The van der Waals surface area contributed by atoms with Crippen molar-refractivity contribution < 1.29 is 0 Å². The lowest BCUT2D eigenvalue weighted by molar-refractivity contribution is 0.821. The van der Waals surface area contributed by atoms with Gasteiger partial charge in [-0.15, -0.1) is 12.4 Å². The monoisotopic (exact) mass is 95.0 g/mol. The van der Waals surface area contributed by atoms with Crippen LogP contribution >= 0.6 is 12.4 Å². The summed E-state index contributed by atoms with van der Waals surface area (Å²) < 4.78 is 0. The van der Waals surface area contributed by atoms with Crippen molar-refractivity contribution in [3.8, 4) is 0 Å². The van der Waals surface area contributed by atoms with Gasteiger partial charge < -0.3 is 0 Å². The Morgan fingerprint density at radius 3 is 2.00 bits per heavy atom. The highest BCUT2D eigenvalue weighted by Crippen LogP contribution is 1.28. The molecule has 1 radical (unpaired) electrons. The standard InChI is InChI=1S/C2H7N2.ClH/c1-2-4-3;/h4H,1-3H2;1H. The molecular weight excluding hydrogens is 87.5 g/mol. The number of halogens is 1. The van der Waals surface area contributed by atoms with Crippen molar-refractivity contribution in [1.29, 1.82) is 0 Å². The topological polar surface area (TPSA) is 38.0 Å². The van der Waals surface area contributed by atoms with Crippen molar-refractivity contribution in [1.82, 2.24) is 5.43 Å². The fourth-order valence-corrected chi connectivity index (χ4v) is 0. The quantitative estimate of drug-likeness (QED) is 0.347. The third kappa shape index (κ3) is 14.0. The normalized spacial score (nSPS) is 6.00. The summed E-state index contributed by atoms with van der Waals surface area (Å²) in [5, 5.41) is 0. The van der Waals surface area contributed by atoms with Gasteiger partial charge in [0.05, 0.1) is 0 Å². The first-order valence-corrected chi connectivity index (χ1v) is 1.14. The largest absolute Gasteiger partial charge is 0.271 e. The molecule has 3 N–H and O–H groups in total. The van der Waals surface area contributed by atoms with Crippen LogP contribution in [0.2, 0.25) is 0 Å². The van der Waals surface area contributed by atoms with E-state index in [1.54, 1.807) is 0 Å². The zero-order chi connectivity index (χ0) is 3.41. The minimum atomic E-state index is 0. The highest BCUT2D eigenvalue weighted by molar-refractivity contribution is 5.85. The predicted octanol–water partition coefficient (Wildman–Crippen LogP) is -0.294. The average Bonchev–Trinajstić information content (AvgIpc) is 1.37. The summed E-state index contributed by atoms with van der Waals surface area (Å²) in [5.74, 6) is 4.72. The summed E-state index contributed by atoms with van der Waals surface area (Å²) >= 11 is 0. The van der Waals surface area contributed by atoms with Crippen LogP contribution < -0.4 is 11.3 Å². The second-order valence-electron chi connectivity index (χ2n) is 0.454. The fourth-order valence-electron chi connectivity index (χ4n) is 0. The highest BCUT2D eigenvalue weighted by atomic mass is 35.5. The van der Waals surface area contributed by atoms with Crippen LogP contribution in [0.1, 0.15) is 0 Å². The summed E-state index contributed by atoms with van der Waals surface area (Å²) in [6.45, 7) is 3.97. The van der Waals surface area contributed by atoms with Gasteiger partial charge in [-0.1, -0.05) is 0 Å². The third-order valence-electron chi connectivity index (χ3n) is 0.144. The SMILES string of the molecule is Cl.[CH2]CNN. The van der Waals surface area contributed by atoms with Gasteiger partial charge in [-0.2, -0.15) is 0 Å². The van der Waals surface area contributed by atoms with Gasteiger partial charge in [-0.3, -0.25) is 11.3 Å². The molecule has 0 heterocycles. The number of rotatable bonds is 1. The molecule has 0 unspecified atom stereocenters. The maximum atomic E-state index is 4.72. The van der Waals surface area contributed by atoms with E-state index >= 15 is 0 Å². The van der Waals surface area contributed by atoms with Gasteiger partial charge in [0.15, 0.2) is 0 Å². The molecule has 0 amide bonds. The molecule has 0 spiro atoms. The predicted molar refractivity (Wildman–Crippen MR) is 24.8 cm³/mol. The molecule has 2 nitrogen and oxygen atoms in total. The van der Waals surface area contributed by atoms with Crippen LogP contribution in [0.25, 0.3) is 0 Å². The van der Waals surface area contributed by atoms with E-state index in [9.17, 15) is 0 Å². The van der Waals surface area contributed by atoms with Gasteiger partial charge >= 0.3 is 0 Å². The third-order valence-corrected chi connectivity index (χ3v) is 0.144. The minimum absolute atomic E-state index is 0. The van der Waals surface area contributed by atoms with Crippen LogP contribution in [-0.2, 0) is 0 Å². The van der Waals surface area contributed by atoms with Gasteiger partial charge in [0.25, 0.3) is 0 Å². The molecule has 0 bridgehead atoms. The number of nitrogens with two attached hydrogens (primary N) is 1. The Bertz CT molecular complexity index is 9.61. The van der Waals surface area contributed by atoms with Crippen LogP contribution in [0.4, 0.5) is 0 Å². The average molecular weight is 95.6 g/mol. The molecule has 0 rings (SSSR count). The first-order valence-electron chi connectivity index (χ1n) is 1.14. The number of nitrogens with one attached hydrogen (secondary N) is 1. The lowest BCUT2D eigenvalue weighted by Crippen LogP contribution is -2.20.